The van der Waals surface area contributed by atoms with E-state index in [2.05, 4.69) is 0 Å². The quantitative estimate of drug-likeness (QED) is 0.868. The third-order valence-electron chi connectivity index (χ3n) is 3.13. The largest absolute Gasteiger partial charge is 0.508 e. The van der Waals surface area contributed by atoms with Crippen LogP contribution in [0.25, 0.3) is 0 Å². The Morgan fingerprint density at radius 1 is 1.06 bits per heavy atom. The van der Waals surface area contributed by atoms with Gasteiger partial charge in [-0.15, -0.1) is 0 Å². The lowest BCUT2D eigenvalue weighted by molar-refractivity contribution is 0.0576. The average Bonchev–Trinajstić information content (AvgIpc) is 2.29. The number of aryl methyl sites for hydroxylation is 1. The van der Waals surface area contributed by atoms with Gasteiger partial charge in [0.15, 0.2) is 0 Å². The zero-order valence-corrected chi connectivity index (χ0v) is 10.7. The van der Waals surface area contributed by atoms with E-state index in [1.807, 2.05) is 37.3 Å². The summed E-state index contributed by atoms with van der Waals surface area (Å²) in [4.78, 5) is 0. The third kappa shape index (κ3) is 2.90. The van der Waals surface area contributed by atoms with E-state index in [9.17, 15) is 10.2 Å². The van der Waals surface area contributed by atoms with E-state index < -0.39 is 5.60 Å². The Morgan fingerprint density at radius 2 is 1.72 bits per heavy atom. The first-order valence-electron chi connectivity index (χ1n) is 6.05. The van der Waals surface area contributed by atoms with Gasteiger partial charge >= 0.3 is 0 Å². The molecule has 0 aliphatic rings. The van der Waals surface area contributed by atoms with Crippen molar-refractivity contribution in [2.75, 3.05) is 0 Å². The molecule has 1 unspecified atom stereocenters. The molecule has 0 bridgehead atoms. The van der Waals surface area contributed by atoms with Crippen LogP contribution in [0.15, 0.2) is 48.5 Å². The predicted molar refractivity (Wildman–Crippen MR) is 72.6 cm³/mol. The molecule has 0 spiro atoms. The van der Waals surface area contributed by atoms with E-state index in [0.29, 0.717) is 6.42 Å². The van der Waals surface area contributed by atoms with Crippen molar-refractivity contribution >= 4 is 0 Å². The van der Waals surface area contributed by atoms with Crippen LogP contribution in [0.5, 0.6) is 5.75 Å². The van der Waals surface area contributed by atoms with Crippen LogP contribution in [-0.4, -0.2) is 10.2 Å². The first-order valence-corrected chi connectivity index (χ1v) is 6.05. The van der Waals surface area contributed by atoms with Crippen LogP contribution in [0.4, 0.5) is 0 Å². The van der Waals surface area contributed by atoms with E-state index in [-0.39, 0.29) is 5.75 Å². The molecule has 2 heteroatoms. The van der Waals surface area contributed by atoms with E-state index in [0.717, 1.165) is 11.1 Å². The molecule has 0 saturated carbocycles. The van der Waals surface area contributed by atoms with E-state index >= 15 is 0 Å². The highest BCUT2D eigenvalue weighted by Crippen LogP contribution is 2.26. The summed E-state index contributed by atoms with van der Waals surface area (Å²) < 4.78 is 0. The Labute approximate surface area is 108 Å². The number of rotatable bonds is 3. The molecule has 94 valence electrons. The minimum atomic E-state index is -0.929. The number of phenolic OH excluding ortho intramolecular Hbond substituents is 1. The van der Waals surface area contributed by atoms with Crippen LogP contribution >= 0.6 is 0 Å². The van der Waals surface area contributed by atoms with Gasteiger partial charge in [0.05, 0.1) is 5.60 Å². The van der Waals surface area contributed by atoms with Gasteiger partial charge in [-0.3, -0.25) is 0 Å². The second-order valence-electron chi connectivity index (χ2n) is 4.99. The third-order valence-corrected chi connectivity index (χ3v) is 3.13. The summed E-state index contributed by atoms with van der Waals surface area (Å²) in [6, 6.07) is 14.9. The predicted octanol–water partition coefficient (Wildman–Crippen LogP) is 3.15. The van der Waals surface area contributed by atoms with Gasteiger partial charge in [-0.05, 0) is 37.1 Å². The molecular formula is C16H18O2. The van der Waals surface area contributed by atoms with Gasteiger partial charge in [0, 0.05) is 6.42 Å². The van der Waals surface area contributed by atoms with Crippen molar-refractivity contribution in [3.05, 3.63) is 65.2 Å². The van der Waals surface area contributed by atoms with Gasteiger partial charge in [0.25, 0.3) is 0 Å². The molecule has 2 rings (SSSR count). The number of benzene rings is 2. The number of hydrogen-bond donors (Lipinski definition) is 2. The maximum absolute atomic E-state index is 10.5. The summed E-state index contributed by atoms with van der Waals surface area (Å²) in [5.41, 5.74) is 2.05. The summed E-state index contributed by atoms with van der Waals surface area (Å²) in [6.07, 6.45) is 0.477. The molecule has 2 aromatic rings. The van der Waals surface area contributed by atoms with Crippen LogP contribution in [0, 0.1) is 6.92 Å². The van der Waals surface area contributed by atoms with Crippen molar-refractivity contribution in [2.24, 2.45) is 0 Å². The summed E-state index contributed by atoms with van der Waals surface area (Å²) >= 11 is 0. The van der Waals surface area contributed by atoms with Gasteiger partial charge in [0.2, 0.25) is 0 Å². The van der Waals surface area contributed by atoms with Gasteiger partial charge in [-0.2, -0.15) is 0 Å². The Bertz CT molecular complexity index is 527. The van der Waals surface area contributed by atoms with Crippen LogP contribution in [0.1, 0.15) is 23.6 Å². The molecule has 2 nitrogen and oxygen atoms in total. The molecule has 0 amide bonds. The van der Waals surface area contributed by atoms with Crippen LogP contribution in [-0.2, 0) is 12.0 Å². The van der Waals surface area contributed by atoms with E-state index in [1.165, 1.54) is 5.56 Å². The molecular weight excluding hydrogens is 224 g/mol. The van der Waals surface area contributed by atoms with Crippen molar-refractivity contribution in [2.45, 2.75) is 25.9 Å². The first-order chi connectivity index (χ1) is 8.47. The van der Waals surface area contributed by atoms with Crippen LogP contribution in [0.2, 0.25) is 0 Å². The fourth-order valence-electron chi connectivity index (χ4n) is 2.08. The molecule has 0 aliphatic carbocycles. The first kappa shape index (κ1) is 12.7. The molecule has 0 aliphatic heterocycles. The molecule has 0 radical (unpaired) electrons. The fourth-order valence-corrected chi connectivity index (χ4v) is 2.08. The van der Waals surface area contributed by atoms with Gasteiger partial charge in [-0.1, -0.05) is 42.0 Å². The van der Waals surface area contributed by atoms with Crippen LogP contribution < -0.4 is 0 Å². The van der Waals surface area contributed by atoms with Crippen molar-refractivity contribution in [3.8, 4) is 5.75 Å². The highest BCUT2D eigenvalue weighted by molar-refractivity contribution is 5.32. The van der Waals surface area contributed by atoms with Crippen molar-refractivity contribution < 1.29 is 10.2 Å². The molecule has 18 heavy (non-hydrogen) atoms. The van der Waals surface area contributed by atoms with Crippen molar-refractivity contribution in [1.82, 2.24) is 0 Å². The second-order valence-corrected chi connectivity index (χ2v) is 4.99. The lowest BCUT2D eigenvalue weighted by Gasteiger charge is -2.24. The molecule has 2 aromatic carbocycles. The highest BCUT2D eigenvalue weighted by atomic mass is 16.3. The maximum Gasteiger partial charge on any atom is 0.115 e. The summed E-state index contributed by atoms with van der Waals surface area (Å²) in [5, 5.41) is 20.0. The number of phenols is 1. The zero-order chi connectivity index (χ0) is 13.2. The standard InChI is InChI=1S/C16H18O2/c1-12-6-8-14(9-7-12)16(2,18)11-13-4-3-5-15(17)10-13/h3-10,17-18H,11H2,1-2H3. The summed E-state index contributed by atoms with van der Waals surface area (Å²) in [7, 11) is 0. The zero-order valence-electron chi connectivity index (χ0n) is 10.7. The average molecular weight is 242 g/mol. The lowest BCUT2D eigenvalue weighted by atomic mass is 9.88. The Morgan fingerprint density at radius 3 is 2.33 bits per heavy atom. The molecule has 0 fully saturated rings. The molecule has 1 atom stereocenters. The molecule has 0 heterocycles. The number of aromatic hydroxyl groups is 1. The maximum atomic E-state index is 10.5. The Kier molecular flexibility index (Phi) is 3.39. The molecule has 0 aromatic heterocycles. The van der Waals surface area contributed by atoms with Gasteiger partial charge in [-0.25, -0.2) is 0 Å². The summed E-state index contributed by atoms with van der Waals surface area (Å²) in [6.45, 7) is 3.81. The highest BCUT2D eigenvalue weighted by Gasteiger charge is 2.23. The van der Waals surface area contributed by atoms with Crippen molar-refractivity contribution in [1.29, 1.82) is 0 Å². The Balaban J connectivity index is 2.23. The lowest BCUT2D eigenvalue weighted by Crippen LogP contribution is -2.24. The summed E-state index contributed by atoms with van der Waals surface area (Å²) in [5.74, 6) is 0.229. The van der Waals surface area contributed by atoms with Gasteiger partial charge < -0.3 is 10.2 Å². The topological polar surface area (TPSA) is 40.5 Å². The van der Waals surface area contributed by atoms with Gasteiger partial charge in [0.1, 0.15) is 5.75 Å². The molecule has 0 saturated heterocycles. The number of aliphatic hydroxyl groups is 1. The minimum absolute atomic E-state index is 0.229. The smallest absolute Gasteiger partial charge is 0.115 e. The van der Waals surface area contributed by atoms with Crippen molar-refractivity contribution in [3.63, 3.8) is 0 Å². The number of hydrogen-bond acceptors (Lipinski definition) is 2. The normalized spacial score (nSPS) is 14.2. The van der Waals surface area contributed by atoms with Crippen LogP contribution in [0.3, 0.4) is 0 Å². The monoisotopic (exact) mass is 242 g/mol. The molecule has 2 N–H and O–H groups in total. The Hall–Kier alpha value is -1.80. The van der Waals surface area contributed by atoms with E-state index in [1.54, 1.807) is 25.1 Å². The SMILES string of the molecule is Cc1ccc(C(C)(O)Cc2cccc(O)c2)cc1. The minimum Gasteiger partial charge on any atom is -0.508 e. The van der Waals surface area contributed by atoms with E-state index in [4.69, 9.17) is 0 Å². The fraction of sp³-hybridized carbons (Fsp3) is 0.250. The second kappa shape index (κ2) is 4.83.